The van der Waals surface area contributed by atoms with E-state index in [1.807, 2.05) is 42.5 Å². The summed E-state index contributed by atoms with van der Waals surface area (Å²) < 4.78 is 13.0. The number of fused-ring (bicyclic) bond motifs is 1. The van der Waals surface area contributed by atoms with Crippen molar-refractivity contribution >= 4 is 39.8 Å². The van der Waals surface area contributed by atoms with Crippen LogP contribution in [-0.2, 0) is 11.3 Å². The van der Waals surface area contributed by atoms with Gasteiger partial charge in [0, 0.05) is 0 Å². The molecule has 26 heavy (non-hydrogen) atoms. The van der Waals surface area contributed by atoms with Gasteiger partial charge in [-0.15, -0.1) is 0 Å². The summed E-state index contributed by atoms with van der Waals surface area (Å²) in [5, 5.41) is 1.79. The van der Waals surface area contributed by atoms with Crippen LogP contribution < -0.4 is 0 Å². The molecule has 0 N–H and O–H groups in total. The van der Waals surface area contributed by atoms with Gasteiger partial charge in [-0.3, -0.25) is 14.5 Å². The molecule has 3 aromatic carbocycles. The number of benzene rings is 3. The van der Waals surface area contributed by atoms with E-state index in [0.717, 1.165) is 28.1 Å². The lowest BCUT2D eigenvalue weighted by atomic mass is 10.0. The number of amides is 2. The molecule has 0 spiro atoms. The maximum absolute atomic E-state index is 13.0. The van der Waals surface area contributed by atoms with E-state index in [0.29, 0.717) is 10.5 Å². The molecule has 1 aliphatic heterocycles. The van der Waals surface area contributed by atoms with Crippen LogP contribution in [0.5, 0.6) is 0 Å². The van der Waals surface area contributed by atoms with Crippen molar-refractivity contribution in [2.75, 3.05) is 0 Å². The second-order valence-corrected chi connectivity index (χ2v) is 6.96. The second kappa shape index (κ2) is 6.77. The summed E-state index contributed by atoms with van der Waals surface area (Å²) in [6.45, 7) is 0.137. The first-order valence-corrected chi connectivity index (χ1v) is 8.91. The van der Waals surface area contributed by atoms with Crippen molar-refractivity contribution in [1.29, 1.82) is 0 Å². The van der Waals surface area contributed by atoms with Crippen molar-refractivity contribution in [3.63, 3.8) is 0 Å². The highest BCUT2D eigenvalue weighted by Crippen LogP contribution is 2.34. The van der Waals surface area contributed by atoms with Gasteiger partial charge in [0.05, 0.1) is 11.4 Å². The number of carbonyl (C=O) groups is 2. The second-order valence-electron chi connectivity index (χ2n) is 5.96. The van der Waals surface area contributed by atoms with Gasteiger partial charge in [-0.05, 0) is 51.9 Å². The Bertz CT molecular complexity index is 1040. The molecule has 1 fully saturated rings. The summed E-state index contributed by atoms with van der Waals surface area (Å²) in [6, 6.07) is 19.6. The Morgan fingerprint density at radius 1 is 0.923 bits per heavy atom. The summed E-state index contributed by atoms with van der Waals surface area (Å²) in [6.07, 6.45) is 1.76. The summed E-state index contributed by atoms with van der Waals surface area (Å²) in [5.74, 6) is -0.670. The van der Waals surface area contributed by atoms with Crippen LogP contribution in [-0.4, -0.2) is 16.0 Å². The summed E-state index contributed by atoms with van der Waals surface area (Å²) in [5.41, 5.74) is 1.61. The van der Waals surface area contributed by atoms with E-state index in [1.165, 1.54) is 17.0 Å². The fourth-order valence-corrected chi connectivity index (χ4v) is 3.76. The first-order valence-electron chi connectivity index (χ1n) is 8.09. The Hall–Kier alpha value is -2.92. The SMILES string of the molecule is O=C1S/C(=C\c2cccc3ccccc23)C(=O)N1Cc1ccc(F)cc1. The first-order chi connectivity index (χ1) is 12.6. The standard InChI is InChI=1S/C21H14FNO2S/c22-17-10-8-14(9-11-17)13-23-20(24)19(26-21(23)25)12-16-6-3-5-15-4-1-2-7-18(15)16/h1-12H,13H2/b19-12-. The molecule has 2 amide bonds. The van der Waals surface area contributed by atoms with Crippen molar-refractivity contribution in [3.05, 3.63) is 88.6 Å². The minimum absolute atomic E-state index is 0.137. The molecule has 1 aliphatic rings. The minimum atomic E-state index is -0.348. The lowest BCUT2D eigenvalue weighted by Gasteiger charge is -2.12. The van der Waals surface area contributed by atoms with Gasteiger partial charge in [0.15, 0.2) is 0 Å². The fraction of sp³-hybridized carbons (Fsp3) is 0.0476. The van der Waals surface area contributed by atoms with Crippen molar-refractivity contribution in [3.8, 4) is 0 Å². The molecular weight excluding hydrogens is 349 g/mol. The highest BCUT2D eigenvalue weighted by molar-refractivity contribution is 8.18. The van der Waals surface area contributed by atoms with Crippen LogP contribution in [0.25, 0.3) is 16.8 Å². The third-order valence-electron chi connectivity index (χ3n) is 4.24. The molecule has 128 valence electrons. The van der Waals surface area contributed by atoms with Crippen LogP contribution in [0.3, 0.4) is 0 Å². The summed E-state index contributed by atoms with van der Waals surface area (Å²) in [7, 11) is 0. The summed E-state index contributed by atoms with van der Waals surface area (Å²) >= 11 is 0.932. The number of hydrogen-bond donors (Lipinski definition) is 0. The van der Waals surface area contributed by atoms with Gasteiger partial charge in [-0.1, -0.05) is 54.6 Å². The molecule has 3 aromatic rings. The van der Waals surface area contributed by atoms with Crippen LogP contribution in [0.1, 0.15) is 11.1 Å². The quantitative estimate of drug-likeness (QED) is 0.599. The van der Waals surface area contributed by atoms with E-state index < -0.39 is 0 Å². The van der Waals surface area contributed by atoms with E-state index >= 15 is 0 Å². The average molecular weight is 363 g/mol. The molecule has 0 radical (unpaired) electrons. The molecule has 0 atom stereocenters. The van der Waals surface area contributed by atoms with Crippen molar-refractivity contribution < 1.29 is 14.0 Å². The van der Waals surface area contributed by atoms with Crippen molar-refractivity contribution in [2.45, 2.75) is 6.54 Å². The Balaban J connectivity index is 1.64. The van der Waals surface area contributed by atoms with Crippen LogP contribution in [0, 0.1) is 5.82 Å². The molecule has 0 saturated carbocycles. The van der Waals surface area contributed by atoms with Crippen LogP contribution >= 0.6 is 11.8 Å². The normalized spacial score (nSPS) is 16.0. The Kier molecular flexibility index (Phi) is 4.31. The molecule has 3 nitrogen and oxygen atoms in total. The van der Waals surface area contributed by atoms with Gasteiger partial charge in [0.25, 0.3) is 11.1 Å². The van der Waals surface area contributed by atoms with Crippen LogP contribution in [0.2, 0.25) is 0 Å². The van der Waals surface area contributed by atoms with Crippen molar-refractivity contribution in [1.82, 2.24) is 4.90 Å². The molecule has 0 unspecified atom stereocenters. The summed E-state index contributed by atoms with van der Waals surface area (Å²) in [4.78, 5) is 26.5. The van der Waals surface area contributed by atoms with E-state index in [2.05, 4.69) is 0 Å². The maximum atomic E-state index is 13.0. The van der Waals surface area contributed by atoms with E-state index in [9.17, 15) is 14.0 Å². The van der Waals surface area contributed by atoms with Gasteiger partial charge in [-0.25, -0.2) is 4.39 Å². The number of thioether (sulfide) groups is 1. The fourth-order valence-electron chi connectivity index (χ4n) is 2.93. The van der Waals surface area contributed by atoms with Crippen LogP contribution in [0.15, 0.2) is 71.6 Å². The Labute approximate surface area is 154 Å². The predicted octanol–water partition coefficient (Wildman–Crippen LogP) is 5.22. The third kappa shape index (κ3) is 3.13. The number of hydrogen-bond acceptors (Lipinski definition) is 3. The minimum Gasteiger partial charge on any atom is -0.268 e. The van der Waals surface area contributed by atoms with E-state index in [1.54, 1.807) is 18.2 Å². The number of nitrogens with zero attached hydrogens (tertiary/aromatic N) is 1. The molecule has 1 saturated heterocycles. The molecule has 5 heteroatoms. The van der Waals surface area contributed by atoms with E-state index in [-0.39, 0.29) is 23.5 Å². The molecule has 0 bridgehead atoms. The molecule has 0 aromatic heterocycles. The third-order valence-corrected chi connectivity index (χ3v) is 5.14. The monoisotopic (exact) mass is 363 g/mol. The lowest BCUT2D eigenvalue weighted by Crippen LogP contribution is -2.27. The molecule has 0 aliphatic carbocycles. The largest absolute Gasteiger partial charge is 0.293 e. The molecule has 1 heterocycles. The zero-order valence-corrected chi connectivity index (χ0v) is 14.5. The number of halogens is 1. The Morgan fingerprint density at radius 2 is 1.65 bits per heavy atom. The average Bonchev–Trinajstić information content (AvgIpc) is 2.91. The number of imide groups is 1. The van der Waals surface area contributed by atoms with Crippen LogP contribution in [0.4, 0.5) is 9.18 Å². The smallest absolute Gasteiger partial charge is 0.268 e. The highest BCUT2D eigenvalue weighted by atomic mass is 32.2. The predicted molar refractivity (Wildman–Crippen MR) is 102 cm³/mol. The number of carbonyl (C=O) groups excluding carboxylic acids is 2. The topological polar surface area (TPSA) is 37.4 Å². The van der Waals surface area contributed by atoms with Gasteiger partial charge in [0.1, 0.15) is 5.82 Å². The molecular formula is C21H14FNO2S. The maximum Gasteiger partial charge on any atom is 0.293 e. The molecule has 4 rings (SSSR count). The first kappa shape index (κ1) is 16.5. The lowest BCUT2D eigenvalue weighted by molar-refractivity contribution is -0.123. The van der Waals surface area contributed by atoms with Gasteiger partial charge in [0.2, 0.25) is 0 Å². The zero-order chi connectivity index (χ0) is 18.1. The van der Waals surface area contributed by atoms with E-state index in [4.69, 9.17) is 0 Å². The Morgan fingerprint density at radius 3 is 2.46 bits per heavy atom. The van der Waals surface area contributed by atoms with Gasteiger partial charge >= 0.3 is 0 Å². The number of rotatable bonds is 3. The highest BCUT2D eigenvalue weighted by Gasteiger charge is 2.35. The van der Waals surface area contributed by atoms with Gasteiger partial charge in [-0.2, -0.15) is 0 Å². The van der Waals surface area contributed by atoms with Gasteiger partial charge < -0.3 is 0 Å². The van der Waals surface area contributed by atoms with Crippen molar-refractivity contribution in [2.24, 2.45) is 0 Å². The zero-order valence-electron chi connectivity index (χ0n) is 13.7.